The molecule has 0 saturated heterocycles. The number of hydrogen-bond acceptors (Lipinski definition) is 12. The summed E-state index contributed by atoms with van der Waals surface area (Å²) >= 11 is 0. The van der Waals surface area contributed by atoms with Gasteiger partial charge in [-0.3, -0.25) is 18.6 Å². The van der Waals surface area contributed by atoms with Gasteiger partial charge in [-0.05, 0) is 69.4 Å². The summed E-state index contributed by atoms with van der Waals surface area (Å²) in [6, 6.07) is 0. The topological polar surface area (TPSA) is 208 Å². The molecule has 0 amide bonds. The Bertz CT molecular complexity index is 1370. The third kappa shape index (κ3) is 22.5. The van der Waals surface area contributed by atoms with Gasteiger partial charge >= 0.3 is 19.8 Å². The molecule has 1 aromatic heterocycles. The van der Waals surface area contributed by atoms with E-state index in [1.165, 1.54) is 24.0 Å². The van der Waals surface area contributed by atoms with Crippen LogP contribution in [0.5, 0.6) is 0 Å². The predicted molar refractivity (Wildman–Crippen MR) is 230 cm³/mol. The van der Waals surface area contributed by atoms with Gasteiger partial charge in [0.05, 0.1) is 31.5 Å². The van der Waals surface area contributed by atoms with Gasteiger partial charge in [-0.25, -0.2) is 4.57 Å². The molecule has 1 heterocycles. The van der Waals surface area contributed by atoms with Crippen molar-refractivity contribution in [3.8, 4) is 0 Å². The molecule has 1 aliphatic rings. The number of esters is 2. The Morgan fingerprint density at radius 3 is 2.02 bits per heavy atom. The van der Waals surface area contributed by atoms with Gasteiger partial charge in [0.15, 0.2) is 6.10 Å². The zero-order valence-corrected chi connectivity index (χ0v) is 37.7. The summed E-state index contributed by atoms with van der Waals surface area (Å²) in [4.78, 5) is 35.3. The van der Waals surface area contributed by atoms with Gasteiger partial charge in [-0.1, -0.05) is 103 Å². The molecule has 0 spiro atoms. The molecule has 2 rings (SSSR count). The molecule has 0 radical (unpaired) electrons. The van der Waals surface area contributed by atoms with Gasteiger partial charge in [-0.15, -0.1) is 0 Å². The van der Waals surface area contributed by atoms with E-state index in [0.29, 0.717) is 32.1 Å². The lowest BCUT2D eigenvalue weighted by Gasteiger charge is -2.21. The molecule has 1 fully saturated rings. The van der Waals surface area contributed by atoms with Crippen LogP contribution in [0.4, 0.5) is 0 Å². The summed E-state index contributed by atoms with van der Waals surface area (Å²) in [5.41, 5.74) is 7.93. The fourth-order valence-electron chi connectivity index (χ4n) is 7.73. The van der Waals surface area contributed by atoms with E-state index < -0.39 is 50.8 Å². The number of hydrogen-bond donors (Lipinski definition) is 5. The van der Waals surface area contributed by atoms with Gasteiger partial charge in [-0.2, -0.15) is 0 Å². The number of unbranched alkanes of at least 4 members (excludes halogenated alkanes) is 12. The van der Waals surface area contributed by atoms with Crippen molar-refractivity contribution in [3.05, 3.63) is 34.8 Å². The molecule has 1 aliphatic carbocycles. The van der Waals surface area contributed by atoms with Crippen LogP contribution >= 0.6 is 7.82 Å². The minimum atomic E-state index is -4.45. The molecule has 342 valence electrons. The van der Waals surface area contributed by atoms with Gasteiger partial charge in [0.2, 0.25) is 0 Å². The fourth-order valence-corrected chi connectivity index (χ4v) is 8.50. The summed E-state index contributed by atoms with van der Waals surface area (Å²) in [5, 5.41) is 31.4. The van der Waals surface area contributed by atoms with Crippen LogP contribution in [-0.2, 0) is 45.5 Å². The molecule has 1 aromatic rings. The van der Waals surface area contributed by atoms with Crippen LogP contribution in [0.15, 0.2) is 16.6 Å². The van der Waals surface area contributed by atoms with E-state index in [2.05, 4.69) is 27.7 Å². The maximum absolute atomic E-state index is 12.8. The van der Waals surface area contributed by atoms with Crippen LogP contribution in [0.1, 0.15) is 171 Å². The molecule has 0 aliphatic heterocycles. The van der Waals surface area contributed by atoms with Gasteiger partial charge < -0.3 is 39.8 Å². The lowest BCUT2D eigenvalue weighted by atomic mass is 9.88. The number of furan rings is 1. The van der Waals surface area contributed by atoms with Crippen molar-refractivity contribution in [2.45, 2.75) is 200 Å². The van der Waals surface area contributed by atoms with Crippen LogP contribution in [0, 0.1) is 25.7 Å². The third-order valence-corrected chi connectivity index (χ3v) is 12.4. The van der Waals surface area contributed by atoms with Crippen LogP contribution in [0.25, 0.3) is 0 Å². The Morgan fingerprint density at radius 1 is 0.797 bits per heavy atom. The number of phosphoric ester groups is 1. The number of carbonyl (C=O) groups excluding carboxylic acids is 2. The first-order valence-electron chi connectivity index (χ1n) is 22.8. The summed E-state index contributed by atoms with van der Waals surface area (Å²) in [6.45, 7) is 7.62. The van der Waals surface area contributed by atoms with E-state index in [1.54, 1.807) is 6.08 Å². The highest BCUT2D eigenvalue weighted by molar-refractivity contribution is 7.47. The average Bonchev–Trinajstić information content (AvgIpc) is 3.63. The third-order valence-electron chi connectivity index (χ3n) is 11.5. The van der Waals surface area contributed by atoms with E-state index in [4.69, 9.17) is 28.7 Å². The zero-order valence-electron chi connectivity index (χ0n) is 36.8. The van der Waals surface area contributed by atoms with E-state index in [1.807, 2.05) is 6.08 Å². The highest BCUT2D eigenvalue weighted by atomic mass is 31.2. The smallest absolute Gasteiger partial charge is 0.466 e. The molecule has 7 atom stereocenters. The standard InChI is InChI=1S/C45H80NO12P/c1-5-7-15-21-36(47)27-28-39-38(40(48)31-41(39)49)22-17-13-14-20-26-45(51)57-37(33-56-59(52,53)55-30-29-46)32-54-44(50)25-19-12-10-9-11-18-24-43-35(4)34(3)42(58-43)23-16-8-6-2/h27-28,36-41,47-49H,5-26,29-33,46H2,1-4H3,(H,52,53)/b28-27+/t36-,37+,38+,39+,40-,41+/m0/s1. The maximum Gasteiger partial charge on any atom is 0.472 e. The van der Waals surface area contributed by atoms with Crippen LogP contribution in [-0.4, -0.2) is 82.9 Å². The fraction of sp³-hybridized carbons (Fsp3) is 0.822. The number of carbonyl (C=O) groups is 2. The first-order chi connectivity index (χ1) is 28.3. The summed E-state index contributed by atoms with van der Waals surface area (Å²) < 4.78 is 39.1. The molecule has 0 bridgehead atoms. The van der Waals surface area contributed by atoms with Crippen molar-refractivity contribution in [2.75, 3.05) is 26.4 Å². The molecule has 13 nitrogen and oxygen atoms in total. The van der Waals surface area contributed by atoms with Crippen molar-refractivity contribution < 1.29 is 57.3 Å². The number of phosphoric acid groups is 1. The molecule has 0 aromatic carbocycles. The van der Waals surface area contributed by atoms with Crippen LogP contribution in [0.2, 0.25) is 0 Å². The van der Waals surface area contributed by atoms with Crippen molar-refractivity contribution in [1.29, 1.82) is 0 Å². The Hall–Kier alpha value is -2.09. The number of rotatable bonds is 35. The summed E-state index contributed by atoms with van der Waals surface area (Å²) in [7, 11) is -4.45. The number of aliphatic hydroxyl groups excluding tert-OH is 3. The Morgan fingerprint density at radius 2 is 1.37 bits per heavy atom. The highest BCUT2D eigenvalue weighted by Gasteiger charge is 2.39. The van der Waals surface area contributed by atoms with Crippen molar-refractivity contribution in [2.24, 2.45) is 17.6 Å². The van der Waals surface area contributed by atoms with Crippen LogP contribution < -0.4 is 5.73 Å². The lowest BCUT2D eigenvalue weighted by Crippen LogP contribution is -2.29. The van der Waals surface area contributed by atoms with E-state index in [9.17, 15) is 34.4 Å². The lowest BCUT2D eigenvalue weighted by molar-refractivity contribution is -0.161. The quantitative estimate of drug-likeness (QED) is 0.0188. The number of aliphatic hydroxyl groups is 3. The van der Waals surface area contributed by atoms with Gasteiger partial charge in [0, 0.05) is 44.6 Å². The molecule has 1 saturated carbocycles. The second kappa shape index (κ2) is 30.9. The molecular formula is C45H80NO12P. The first-order valence-corrected chi connectivity index (χ1v) is 24.3. The number of aryl methyl sites for hydroxylation is 2. The minimum Gasteiger partial charge on any atom is -0.466 e. The maximum atomic E-state index is 12.8. The highest BCUT2D eigenvalue weighted by Crippen LogP contribution is 2.43. The largest absolute Gasteiger partial charge is 0.472 e. The van der Waals surface area contributed by atoms with Gasteiger partial charge in [0.1, 0.15) is 18.1 Å². The molecule has 6 N–H and O–H groups in total. The Kier molecular flexibility index (Phi) is 27.7. The summed E-state index contributed by atoms with van der Waals surface area (Å²) in [6.07, 6.45) is 20.0. The molecule has 1 unspecified atom stereocenters. The molecule has 14 heteroatoms. The SMILES string of the molecule is CCCCCc1oc(CCCCCCCCC(=O)OC[C@H](COP(=O)(O)OCCN)OC(=O)CCCCCC[C@@H]2[C@@H](/C=C/[C@@H](O)CCCCC)[C@H](O)C[C@@H]2O)c(C)c1C. The molecular weight excluding hydrogens is 777 g/mol. The molecule has 59 heavy (non-hydrogen) atoms. The van der Waals surface area contributed by atoms with Crippen molar-refractivity contribution >= 4 is 19.8 Å². The normalized spacial score (nSPS) is 20.2. The average molecular weight is 858 g/mol. The number of nitrogens with two attached hydrogens (primary N) is 1. The predicted octanol–water partition coefficient (Wildman–Crippen LogP) is 8.65. The Labute approximate surface area is 354 Å². The summed E-state index contributed by atoms with van der Waals surface area (Å²) in [5.74, 6) is 0.945. The monoisotopic (exact) mass is 858 g/mol. The minimum absolute atomic E-state index is 0.0124. The first kappa shape index (κ1) is 53.0. The Balaban J connectivity index is 1.70. The van der Waals surface area contributed by atoms with Crippen molar-refractivity contribution in [1.82, 2.24) is 0 Å². The van der Waals surface area contributed by atoms with Crippen LogP contribution in [0.3, 0.4) is 0 Å². The second-order valence-electron chi connectivity index (χ2n) is 16.5. The van der Waals surface area contributed by atoms with Crippen molar-refractivity contribution in [3.63, 3.8) is 0 Å². The van der Waals surface area contributed by atoms with E-state index in [-0.39, 0.29) is 44.4 Å². The second-order valence-corrected chi connectivity index (χ2v) is 17.9. The van der Waals surface area contributed by atoms with E-state index >= 15 is 0 Å². The van der Waals surface area contributed by atoms with Gasteiger partial charge in [0.25, 0.3) is 0 Å². The number of ether oxygens (including phenoxy) is 2. The zero-order chi connectivity index (χ0) is 43.5. The van der Waals surface area contributed by atoms with E-state index in [0.717, 1.165) is 101 Å².